The highest BCUT2D eigenvalue weighted by molar-refractivity contribution is 14.0. The molecule has 0 spiro atoms. The van der Waals surface area contributed by atoms with Gasteiger partial charge in [-0.25, -0.2) is 0 Å². The Hall–Kier alpha value is -1.06. The van der Waals surface area contributed by atoms with Gasteiger partial charge in [-0.3, -0.25) is 9.89 Å². The Bertz CT molecular complexity index is 567. The number of hydrogen-bond acceptors (Lipinski definition) is 4. The van der Waals surface area contributed by atoms with Crippen molar-refractivity contribution >= 4 is 41.3 Å². The predicted octanol–water partition coefficient (Wildman–Crippen LogP) is 3.71. The van der Waals surface area contributed by atoms with Crippen LogP contribution in [0.2, 0.25) is 0 Å². The number of rotatable bonds is 8. The summed E-state index contributed by atoms with van der Waals surface area (Å²) in [5, 5.41) is 11.0. The lowest BCUT2D eigenvalue weighted by Crippen LogP contribution is -2.42. The Morgan fingerprint density at radius 3 is 2.62 bits per heavy atom. The van der Waals surface area contributed by atoms with E-state index >= 15 is 0 Å². The molecule has 0 amide bonds. The summed E-state index contributed by atoms with van der Waals surface area (Å²) in [4.78, 5) is 6.67. The molecule has 0 saturated carbocycles. The van der Waals surface area contributed by atoms with E-state index < -0.39 is 0 Å². The average Bonchev–Trinajstić information content (AvgIpc) is 3.27. The standard InChI is InChI=1S/C17H26N4OS.HI/c1-4-21(5-2)15(16-7-6-9-22-16)12-20-17(18-3)19-11-14-8-10-23-13-14;/h6-10,13,15H,4-5,11-12H2,1-3H3,(H2,18,19,20);1H. The molecule has 0 aliphatic rings. The van der Waals surface area contributed by atoms with E-state index in [2.05, 4.69) is 51.2 Å². The predicted molar refractivity (Wildman–Crippen MR) is 112 cm³/mol. The second kappa shape index (κ2) is 11.5. The molecule has 1 atom stereocenters. The normalized spacial score (nSPS) is 12.8. The van der Waals surface area contributed by atoms with E-state index in [1.807, 2.05) is 12.1 Å². The summed E-state index contributed by atoms with van der Waals surface area (Å²) in [6.07, 6.45) is 1.73. The SMILES string of the molecule is CCN(CC)C(CNC(=NC)NCc1ccsc1)c1ccco1.I. The van der Waals surface area contributed by atoms with Gasteiger partial charge in [-0.2, -0.15) is 11.3 Å². The van der Waals surface area contributed by atoms with Gasteiger partial charge in [0.05, 0.1) is 12.3 Å². The third-order valence-electron chi connectivity index (χ3n) is 3.85. The van der Waals surface area contributed by atoms with Crippen LogP contribution in [0.5, 0.6) is 0 Å². The lowest BCUT2D eigenvalue weighted by atomic mass is 10.2. The Morgan fingerprint density at radius 2 is 2.08 bits per heavy atom. The van der Waals surface area contributed by atoms with Crippen molar-refractivity contribution in [1.82, 2.24) is 15.5 Å². The maximum absolute atomic E-state index is 5.62. The minimum absolute atomic E-state index is 0. The Morgan fingerprint density at radius 1 is 1.29 bits per heavy atom. The van der Waals surface area contributed by atoms with Gasteiger partial charge in [0.2, 0.25) is 0 Å². The van der Waals surface area contributed by atoms with Crippen LogP contribution in [0.1, 0.15) is 31.2 Å². The fourth-order valence-corrected chi connectivity index (χ4v) is 3.22. The molecule has 7 heteroatoms. The first-order valence-corrected chi connectivity index (χ1v) is 8.95. The minimum Gasteiger partial charge on any atom is -0.468 e. The highest BCUT2D eigenvalue weighted by atomic mass is 127. The Labute approximate surface area is 165 Å². The third kappa shape index (κ3) is 6.10. The third-order valence-corrected chi connectivity index (χ3v) is 4.58. The lowest BCUT2D eigenvalue weighted by molar-refractivity contribution is 0.193. The molecule has 0 fully saturated rings. The second-order valence-electron chi connectivity index (χ2n) is 5.19. The van der Waals surface area contributed by atoms with Crippen molar-refractivity contribution in [3.8, 4) is 0 Å². The Kier molecular flexibility index (Phi) is 10.0. The van der Waals surface area contributed by atoms with Crippen molar-refractivity contribution in [3.05, 3.63) is 46.5 Å². The fraction of sp³-hybridized carbons (Fsp3) is 0.471. The molecule has 2 rings (SSSR count). The smallest absolute Gasteiger partial charge is 0.191 e. The number of thiophene rings is 1. The molecule has 2 aromatic rings. The molecule has 0 aliphatic heterocycles. The van der Waals surface area contributed by atoms with Crippen LogP contribution in [0.15, 0.2) is 44.6 Å². The van der Waals surface area contributed by atoms with E-state index in [0.717, 1.165) is 37.9 Å². The van der Waals surface area contributed by atoms with Crippen LogP contribution in [0, 0.1) is 0 Å². The zero-order chi connectivity index (χ0) is 16.5. The first-order valence-electron chi connectivity index (χ1n) is 8.01. The number of halogens is 1. The van der Waals surface area contributed by atoms with Gasteiger partial charge < -0.3 is 15.1 Å². The van der Waals surface area contributed by atoms with Crippen LogP contribution >= 0.6 is 35.3 Å². The van der Waals surface area contributed by atoms with Gasteiger partial charge in [0.25, 0.3) is 0 Å². The highest BCUT2D eigenvalue weighted by Crippen LogP contribution is 2.20. The topological polar surface area (TPSA) is 52.8 Å². The molecule has 2 N–H and O–H groups in total. The molecule has 0 bridgehead atoms. The number of nitrogens with one attached hydrogen (secondary N) is 2. The van der Waals surface area contributed by atoms with Gasteiger partial charge >= 0.3 is 0 Å². The molecule has 24 heavy (non-hydrogen) atoms. The zero-order valence-corrected chi connectivity index (χ0v) is 17.6. The van der Waals surface area contributed by atoms with Crippen LogP contribution in [-0.4, -0.2) is 37.5 Å². The quantitative estimate of drug-likeness (QED) is 0.357. The van der Waals surface area contributed by atoms with Crippen molar-refractivity contribution in [2.75, 3.05) is 26.7 Å². The minimum atomic E-state index is 0. The number of guanidine groups is 1. The van der Waals surface area contributed by atoms with Gasteiger partial charge in [0.1, 0.15) is 5.76 Å². The number of nitrogens with zero attached hydrogens (tertiary/aromatic N) is 2. The molecule has 2 aromatic heterocycles. The largest absolute Gasteiger partial charge is 0.468 e. The van der Waals surface area contributed by atoms with Crippen LogP contribution in [-0.2, 0) is 6.54 Å². The van der Waals surface area contributed by atoms with Gasteiger partial charge in [0, 0.05) is 20.1 Å². The van der Waals surface area contributed by atoms with E-state index in [0.29, 0.717) is 0 Å². The average molecular weight is 462 g/mol. The molecule has 134 valence electrons. The number of likely N-dealkylation sites (N-methyl/N-ethyl adjacent to an activating group) is 1. The lowest BCUT2D eigenvalue weighted by Gasteiger charge is -2.28. The Balaban J connectivity index is 0.00000288. The van der Waals surface area contributed by atoms with Gasteiger partial charge in [-0.05, 0) is 47.6 Å². The molecular formula is C17H27IN4OS. The second-order valence-corrected chi connectivity index (χ2v) is 5.97. The van der Waals surface area contributed by atoms with E-state index in [1.54, 1.807) is 24.6 Å². The summed E-state index contributed by atoms with van der Waals surface area (Å²) in [6.45, 7) is 7.82. The molecule has 0 saturated heterocycles. The van der Waals surface area contributed by atoms with Crippen molar-refractivity contribution in [2.45, 2.75) is 26.4 Å². The molecular weight excluding hydrogens is 435 g/mol. The van der Waals surface area contributed by atoms with E-state index in [1.165, 1.54) is 5.56 Å². The van der Waals surface area contributed by atoms with E-state index in [4.69, 9.17) is 4.42 Å². The summed E-state index contributed by atoms with van der Waals surface area (Å²) in [6, 6.07) is 6.29. The van der Waals surface area contributed by atoms with E-state index in [-0.39, 0.29) is 30.0 Å². The molecule has 1 unspecified atom stereocenters. The molecule has 0 aliphatic carbocycles. The maximum atomic E-state index is 5.62. The van der Waals surface area contributed by atoms with E-state index in [9.17, 15) is 0 Å². The summed E-state index contributed by atoms with van der Waals surface area (Å²) in [5.41, 5.74) is 1.27. The summed E-state index contributed by atoms with van der Waals surface area (Å²) >= 11 is 1.71. The summed E-state index contributed by atoms with van der Waals surface area (Å²) in [5.74, 6) is 1.79. The number of aliphatic imine (C=N–C) groups is 1. The molecule has 2 heterocycles. The van der Waals surface area contributed by atoms with Crippen LogP contribution in [0.3, 0.4) is 0 Å². The highest BCUT2D eigenvalue weighted by Gasteiger charge is 2.20. The zero-order valence-electron chi connectivity index (χ0n) is 14.5. The number of hydrogen-bond donors (Lipinski definition) is 2. The molecule has 0 aromatic carbocycles. The van der Waals surface area contributed by atoms with Crippen LogP contribution in [0.25, 0.3) is 0 Å². The van der Waals surface area contributed by atoms with Crippen molar-refractivity contribution in [3.63, 3.8) is 0 Å². The van der Waals surface area contributed by atoms with Gasteiger partial charge in [-0.1, -0.05) is 13.8 Å². The van der Waals surface area contributed by atoms with Crippen molar-refractivity contribution < 1.29 is 4.42 Å². The van der Waals surface area contributed by atoms with Crippen molar-refractivity contribution in [2.24, 2.45) is 4.99 Å². The first kappa shape index (κ1) is 21.0. The fourth-order valence-electron chi connectivity index (χ4n) is 2.55. The summed E-state index contributed by atoms with van der Waals surface area (Å²) in [7, 11) is 1.79. The summed E-state index contributed by atoms with van der Waals surface area (Å²) < 4.78 is 5.62. The molecule has 0 radical (unpaired) electrons. The first-order chi connectivity index (χ1) is 11.3. The monoisotopic (exact) mass is 462 g/mol. The maximum Gasteiger partial charge on any atom is 0.191 e. The van der Waals surface area contributed by atoms with Crippen LogP contribution in [0.4, 0.5) is 0 Å². The number of furan rings is 1. The van der Waals surface area contributed by atoms with Crippen molar-refractivity contribution in [1.29, 1.82) is 0 Å². The van der Waals surface area contributed by atoms with Crippen LogP contribution < -0.4 is 10.6 Å². The van der Waals surface area contributed by atoms with Gasteiger partial charge in [0.15, 0.2) is 5.96 Å². The van der Waals surface area contributed by atoms with Gasteiger partial charge in [-0.15, -0.1) is 24.0 Å². The molecule has 5 nitrogen and oxygen atoms in total.